The smallest absolute Gasteiger partial charge is 0.252 e. The first-order valence-corrected chi connectivity index (χ1v) is 12.7. The van der Waals surface area contributed by atoms with Crippen molar-refractivity contribution in [1.82, 2.24) is 4.57 Å². The Bertz CT molecular complexity index is 1520. The molecule has 1 fully saturated rings. The molecular formula is C29H29ClN2O5. The standard InChI is InChI=1S/C29H29ClN2O5/c1-29(36,16-33)8-9-32-14-24(22-7-5-18(12-25(22)32)17-2-3-17)26(34)15-37-27-13-19-4-6-21(30)10-20(19)11-23(27)28(31)35/h4-7,10-14,17,33,36H,2-3,8-9,15-16H2,1H3,(H2,31,35). The van der Waals surface area contributed by atoms with Crippen LogP contribution in [0.2, 0.25) is 5.02 Å². The maximum Gasteiger partial charge on any atom is 0.252 e. The summed E-state index contributed by atoms with van der Waals surface area (Å²) in [6.07, 6.45) is 4.42. The number of nitrogens with two attached hydrogens (primary N) is 1. The molecule has 7 nitrogen and oxygen atoms in total. The quantitative estimate of drug-likeness (QED) is 0.259. The van der Waals surface area contributed by atoms with E-state index >= 15 is 0 Å². The van der Waals surface area contributed by atoms with Gasteiger partial charge in [-0.15, -0.1) is 0 Å². The molecule has 0 radical (unpaired) electrons. The van der Waals surface area contributed by atoms with Crippen molar-refractivity contribution in [1.29, 1.82) is 0 Å². The first-order chi connectivity index (χ1) is 17.6. The highest BCUT2D eigenvalue weighted by Crippen LogP contribution is 2.41. The summed E-state index contributed by atoms with van der Waals surface area (Å²) in [5.74, 6) is -0.131. The summed E-state index contributed by atoms with van der Waals surface area (Å²) < 4.78 is 7.80. The minimum absolute atomic E-state index is 0.172. The van der Waals surface area contributed by atoms with E-state index in [1.165, 1.54) is 5.56 Å². The molecule has 8 heteroatoms. The van der Waals surface area contributed by atoms with E-state index in [4.69, 9.17) is 22.1 Å². The van der Waals surface area contributed by atoms with Crippen LogP contribution in [0.5, 0.6) is 5.75 Å². The Kier molecular flexibility index (Phi) is 6.70. The van der Waals surface area contributed by atoms with Crippen LogP contribution in [0.25, 0.3) is 21.7 Å². The van der Waals surface area contributed by atoms with E-state index in [-0.39, 0.29) is 30.3 Å². The van der Waals surface area contributed by atoms with Gasteiger partial charge in [-0.3, -0.25) is 9.59 Å². The summed E-state index contributed by atoms with van der Waals surface area (Å²) in [6, 6.07) is 14.7. The normalized spacial score (nSPS) is 15.1. The van der Waals surface area contributed by atoms with Gasteiger partial charge in [0.1, 0.15) is 5.75 Å². The second-order valence-corrected chi connectivity index (χ2v) is 10.5. The summed E-state index contributed by atoms with van der Waals surface area (Å²) in [5.41, 5.74) is 7.17. The van der Waals surface area contributed by atoms with Crippen LogP contribution in [-0.2, 0) is 6.54 Å². The Hall–Kier alpha value is -3.39. The van der Waals surface area contributed by atoms with Crippen LogP contribution in [0, 0.1) is 0 Å². The molecule has 192 valence electrons. The molecule has 4 N–H and O–H groups in total. The molecule has 1 unspecified atom stereocenters. The molecule has 1 heterocycles. The van der Waals surface area contributed by atoms with Crippen molar-refractivity contribution >= 4 is 45.0 Å². The second kappa shape index (κ2) is 9.82. The number of hydrogen-bond acceptors (Lipinski definition) is 5. The number of amides is 1. The van der Waals surface area contributed by atoms with E-state index in [2.05, 4.69) is 12.1 Å². The third-order valence-electron chi connectivity index (χ3n) is 7.01. The van der Waals surface area contributed by atoms with Gasteiger partial charge in [0, 0.05) is 34.2 Å². The number of aryl methyl sites for hydroxylation is 1. The molecule has 37 heavy (non-hydrogen) atoms. The van der Waals surface area contributed by atoms with Gasteiger partial charge in [-0.2, -0.15) is 0 Å². The summed E-state index contributed by atoms with van der Waals surface area (Å²) >= 11 is 6.08. The average Bonchev–Trinajstić information content (AvgIpc) is 3.66. The van der Waals surface area contributed by atoms with E-state index in [9.17, 15) is 19.8 Å². The topological polar surface area (TPSA) is 115 Å². The van der Waals surface area contributed by atoms with Crippen molar-refractivity contribution in [3.05, 3.63) is 76.4 Å². The molecule has 0 saturated heterocycles. The fourth-order valence-electron chi connectivity index (χ4n) is 4.61. The molecule has 0 spiro atoms. The predicted molar refractivity (Wildman–Crippen MR) is 144 cm³/mol. The van der Waals surface area contributed by atoms with Gasteiger partial charge in [-0.1, -0.05) is 29.8 Å². The molecule has 3 aromatic carbocycles. The summed E-state index contributed by atoms with van der Waals surface area (Å²) in [4.78, 5) is 25.5. The summed E-state index contributed by atoms with van der Waals surface area (Å²) in [6.45, 7) is 1.39. The number of hydrogen-bond donors (Lipinski definition) is 3. The minimum Gasteiger partial charge on any atom is -0.485 e. The van der Waals surface area contributed by atoms with Crippen LogP contribution in [0.3, 0.4) is 0 Å². The van der Waals surface area contributed by atoms with E-state index in [0.717, 1.165) is 34.5 Å². The monoisotopic (exact) mass is 520 g/mol. The number of ether oxygens (including phenoxy) is 1. The molecule has 5 rings (SSSR count). The van der Waals surface area contributed by atoms with Crippen LogP contribution in [0.1, 0.15) is 58.4 Å². The number of nitrogens with zero attached hydrogens (tertiary/aromatic N) is 1. The van der Waals surface area contributed by atoms with Crippen LogP contribution in [0.4, 0.5) is 0 Å². The van der Waals surface area contributed by atoms with Crippen molar-refractivity contribution in [2.24, 2.45) is 5.73 Å². The Labute approximate surface area is 219 Å². The van der Waals surface area contributed by atoms with E-state index in [1.807, 2.05) is 16.7 Å². The molecule has 0 aliphatic heterocycles. The minimum atomic E-state index is -1.22. The molecular weight excluding hydrogens is 492 g/mol. The van der Waals surface area contributed by atoms with Gasteiger partial charge in [0.2, 0.25) is 5.78 Å². The van der Waals surface area contributed by atoms with Crippen LogP contribution in [-0.4, -0.2) is 45.3 Å². The number of aliphatic hydroxyl groups excluding tert-OH is 1. The third kappa shape index (κ3) is 5.34. The van der Waals surface area contributed by atoms with Crippen molar-refractivity contribution in [3.8, 4) is 5.75 Å². The Morgan fingerprint density at radius 3 is 2.59 bits per heavy atom. The zero-order chi connectivity index (χ0) is 26.3. The van der Waals surface area contributed by atoms with Crippen LogP contribution < -0.4 is 10.5 Å². The van der Waals surface area contributed by atoms with Crippen molar-refractivity contribution in [2.45, 2.75) is 44.2 Å². The molecule has 4 aromatic rings. The van der Waals surface area contributed by atoms with Gasteiger partial charge in [-0.05, 0) is 78.8 Å². The number of Topliss-reactive ketones (excluding diaryl/α,β-unsaturated/α-hetero) is 1. The van der Waals surface area contributed by atoms with E-state index < -0.39 is 11.5 Å². The maximum absolute atomic E-state index is 13.4. The molecule has 0 bridgehead atoms. The average molecular weight is 521 g/mol. The first-order valence-electron chi connectivity index (χ1n) is 12.3. The molecule has 1 aliphatic rings. The largest absolute Gasteiger partial charge is 0.485 e. The van der Waals surface area contributed by atoms with Gasteiger partial charge in [0.25, 0.3) is 5.91 Å². The highest BCUT2D eigenvalue weighted by Gasteiger charge is 2.26. The molecule has 1 aliphatic carbocycles. The maximum atomic E-state index is 13.4. The van der Waals surface area contributed by atoms with Gasteiger partial charge >= 0.3 is 0 Å². The van der Waals surface area contributed by atoms with Gasteiger partial charge in [0.15, 0.2) is 6.61 Å². The lowest BCUT2D eigenvalue weighted by atomic mass is 10.0. The van der Waals surface area contributed by atoms with Gasteiger partial charge < -0.3 is 25.3 Å². The Morgan fingerprint density at radius 1 is 1.11 bits per heavy atom. The number of primary amides is 1. The number of halogens is 1. The number of aromatic nitrogens is 1. The number of carbonyl (C=O) groups is 2. The molecule has 1 aromatic heterocycles. The molecule has 1 saturated carbocycles. The highest BCUT2D eigenvalue weighted by molar-refractivity contribution is 6.31. The third-order valence-corrected chi connectivity index (χ3v) is 7.25. The summed E-state index contributed by atoms with van der Waals surface area (Å²) in [7, 11) is 0. The Balaban J connectivity index is 1.44. The highest BCUT2D eigenvalue weighted by atomic mass is 35.5. The zero-order valence-electron chi connectivity index (χ0n) is 20.5. The lowest BCUT2D eigenvalue weighted by Crippen LogP contribution is -2.30. The number of ketones is 1. The number of rotatable bonds is 10. The number of fused-ring (bicyclic) bond motifs is 2. The van der Waals surface area contributed by atoms with Gasteiger partial charge in [0.05, 0.1) is 17.8 Å². The molecule has 1 amide bonds. The zero-order valence-corrected chi connectivity index (χ0v) is 21.3. The number of benzene rings is 3. The Morgan fingerprint density at radius 2 is 1.89 bits per heavy atom. The fourth-order valence-corrected chi connectivity index (χ4v) is 4.79. The predicted octanol–water partition coefficient (Wildman–Crippen LogP) is 4.82. The van der Waals surface area contributed by atoms with Crippen LogP contribution >= 0.6 is 11.6 Å². The fraction of sp³-hybridized carbons (Fsp3) is 0.310. The number of aliphatic hydroxyl groups is 2. The van der Waals surface area contributed by atoms with Crippen molar-refractivity contribution in [2.75, 3.05) is 13.2 Å². The van der Waals surface area contributed by atoms with E-state index in [1.54, 1.807) is 37.4 Å². The molecule has 1 atom stereocenters. The summed E-state index contributed by atoms with van der Waals surface area (Å²) in [5, 5.41) is 22.6. The van der Waals surface area contributed by atoms with Crippen molar-refractivity contribution in [3.63, 3.8) is 0 Å². The lowest BCUT2D eigenvalue weighted by molar-refractivity contribution is -0.00797. The second-order valence-electron chi connectivity index (χ2n) is 10.1. The first kappa shape index (κ1) is 25.3. The SMILES string of the molecule is CC(O)(CO)CCn1cc(C(=O)COc2cc3ccc(Cl)cc3cc2C(N)=O)c2ccc(C3CC3)cc21. The van der Waals surface area contributed by atoms with Gasteiger partial charge in [-0.25, -0.2) is 0 Å². The number of carbonyl (C=O) groups excluding carboxylic acids is 2. The van der Waals surface area contributed by atoms with Crippen LogP contribution in [0.15, 0.2) is 54.7 Å². The van der Waals surface area contributed by atoms with E-state index in [0.29, 0.717) is 29.5 Å². The lowest BCUT2D eigenvalue weighted by Gasteiger charge is -2.20. The van der Waals surface area contributed by atoms with Crippen molar-refractivity contribution < 1.29 is 24.5 Å².